The average molecular weight is 450 g/mol. The Hall–Kier alpha value is -3.03. The Bertz CT molecular complexity index is 1100. The Labute approximate surface area is 193 Å². The molecule has 33 heavy (non-hydrogen) atoms. The molecule has 1 fully saturated rings. The number of nitrogens with zero attached hydrogens (tertiary/aromatic N) is 4. The van der Waals surface area contributed by atoms with Gasteiger partial charge in [-0.2, -0.15) is 5.26 Å². The maximum absolute atomic E-state index is 10.7. The van der Waals surface area contributed by atoms with Gasteiger partial charge in [0.25, 0.3) is 0 Å². The van der Waals surface area contributed by atoms with Crippen molar-refractivity contribution in [2.45, 2.75) is 37.5 Å². The summed E-state index contributed by atoms with van der Waals surface area (Å²) in [7, 11) is 0. The van der Waals surface area contributed by atoms with Crippen molar-refractivity contribution in [1.82, 2.24) is 25.2 Å². The predicted octanol–water partition coefficient (Wildman–Crippen LogP) is 0.980. The van der Waals surface area contributed by atoms with Crippen molar-refractivity contribution >= 4 is 16.9 Å². The van der Waals surface area contributed by atoms with E-state index in [1.54, 1.807) is 10.8 Å². The molecule has 0 bridgehead atoms. The number of nitriles is 1. The monoisotopic (exact) mass is 449 g/mol. The number of nitrogens with two attached hydrogens (primary N) is 1. The molecular formula is C24H31N7O2. The first-order chi connectivity index (χ1) is 16.1. The van der Waals surface area contributed by atoms with E-state index in [2.05, 4.69) is 50.9 Å². The topological polar surface area (TPSA) is 145 Å². The molecule has 4 atom stereocenters. The van der Waals surface area contributed by atoms with E-state index in [1.807, 2.05) is 6.07 Å². The summed E-state index contributed by atoms with van der Waals surface area (Å²) in [6.45, 7) is 3.31. The minimum Gasteiger partial charge on any atom is -0.390 e. The van der Waals surface area contributed by atoms with Gasteiger partial charge in [0.2, 0.25) is 0 Å². The molecule has 3 aromatic rings. The zero-order chi connectivity index (χ0) is 23.2. The molecule has 1 aliphatic carbocycles. The molecule has 0 unspecified atom stereocenters. The van der Waals surface area contributed by atoms with E-state index in [0.29, 0.717) is 29.6 Å². The van der Waals surface area contributed by atoms with Crippen molar-refractivity contribution in [2.75, 3.05) is 31.9 Å². The molecular weight excluding hydrogens is 418 g/mol. The van der Waals surface area contributed by atoms with E-state index in [-0.39, 0.29) is 17.8 Å². The Kier molecular flexibility index (Phi) is 7.52. The first kappa shape index (κ1) is 23.1. The third-order valence-corrected chi connectivity index (χ3v) is 6.43. The SMILES string of the molecule is N#Cc1cn([C@@H]2C[C@H](CNCCCNCCc3ccccc3)[C@@H](O)[C@H]2O)c2ncnc(N)c12. The summed E-state index contributed by atoms with van der Waals surface area (Å²) in [5.41, 5.74) is 8.15. The molecule has 0 saturated heterocycles. The highest BCUT2D eigenvalue weighted by molar-refractivity contribution is 5.92. The maximum Gasteiger partial charge on any atom is 0.147 e. The Balaban J connectivity index is 1.24. The van der Waals surface area contributed by atoms with Crippen LogP contribution in [0.1, 0.15) is 30.0 Å². The molecule has 9 nitrogen and oxygen atoms in total. The highest BCUT2D eigenvalue weighted by Crippen LogP contribution is 2.38. The van der Waals surface area contributed by atoms with Gasteiger partial charge in [0.15, 0.2) is 0 Å². The van der Waals surface area contributed by atoms with Gasteiger partial charge in [-0.05, 0) is 44.5 Å². The van der Waals surface area contributed by atoms with Gasteiger partial charge in [0.05, 0.1) is 23.1 Å². The second-order valence-electron chi connectivity index (χ2n) is 8.61. The molecule has 6 N–H and O–H groups in total. The molecule has 0 spiro atoms. The van der Waals surface area contributed by atoms with Crippen LogP contribution in [0, 0.1) is 17.2 Å². The number of nitrogen functional groups attached to an aromatic ring is 1. The van der Waals surface area contributed by atoms with Gasteiger partial charge in [-0.3, -0.25) is 0 Å². The minimum atomic E-state index is -0.949. The summed E-state index contributed by atoms with van der Waals surface area (Å²) in [5, 5.41) is 38.2. The van der Waals surface area contributed by atoms with E-state index in [4.69, 9.17) is 5.73 Å². The molecule has 1 saturated carbocycles. The molecule has 1 aromatic carbocycles. The van der Waals surface area contributed by atoms with Gasteiger partial charge < -0.3 is 31.1 Å². The Morgan fingerprint density at radius 1 is 1.09 bits per heavy atom. The Morgan fingerprint density at radius 2 is 1.88 bits per heavy atom. The van der Waals surface area contributed by atoms with Crippen molar-refractivity contribution in [3.63, 3.8) is 0 Å². The lowest BCUT2D eigenvalue weighted by Crippen LogP contribution is -2.34. The molecule has 1 aliphatic rings. The number of nitrogens with one attached hydrogen (secondary N) is 2. The van der Waals surface area contributed by atoms with Gasteiger partial charge >= 0.3 is 0 Å². The largest absolute Gasteiger partial charge is 0.390 e. The van der Waals surface area contributed by atoms with Crippen LogP contribution in [0.4, 0.5) is 5.82 Å². The van der Waals surface area contributed by atoms with E-state index in [1.165, 1.54) is 11.9 Å². The first-order valence-corrected chi connectivity index (χ1v) is 11.4. The standard InChI is InChI=1S/C24H31N7O2/c25-12-18-14-31(24-20(18)23(26)29-15-30-24)19-11-17(21(32)22(19)33)13-28-9-4-8-27-10-7-16-5-2-1-3-6-16/h1-3,5-6,14-15,17,19,21-22,27-28,32-33H,4,7-11,13H2,(H2,26,29,30)/t17-,19-,21-,22+/m1/s1. The van der Waals surface area contributed by atoms with Crippen molar-refractivity contribution in [3.8, 4) is 6.07 Å². The highest BCUT2D eigenvalue weighted by Gasteiger charge is 2.42. The zero-order valence-electron chi connectivity index (χ0n) is 18.6. The number of fused-ring (bicyclic) bond motifs is 1. The number of aromatic nitrogens is 3. The van der Waals surface area contributed by atoms with Crippen LogP contribution in [0.3, 0.4) is 0 Å². The van der Waals surface area contributed by atoms with Crippen LogP contribution >= 0.6 is 0 Å². The fraction of sp³-hybridized carbons (Fsp3) is 0.458. The third kappa shape index (κ3) is 5.15. The molecule has 0 radical (unpaired) electrons. The van der Waals surface area contributed by atoms with E-state index < -0.39 is 12.2 Å². The number of aliphatic hydroxyl groups excluding tert-OH is 2. The molecule has 0 amide bonds. The first-order valence-electron chi connectivity index (χ1n) is 11.4. The number of anilines is 1. The fourth-order valence-corrected chi connectivity index (χ4v) is 4.65. The summed E-state index contributed by atoms with van der Waals surface area (Å²) in [4.78, 5) is 8.25. The zero-order valence-corrected chi connectivity index (χ0v) is 18.6. The molecule has 174 valence electrons. The van der Waals surface area contributed by atoms with Crippen molar-refractivity contribution in [1.29, 1.82) is 5.26 Å². The van der Waals surface area contributed by atoms with Crippen molar-refractivity contribution in [2.24, 2.45) is 5.92 Å². The molecule has 4 rings (SSSR count). The van der Waals surface area contributed by atoms with Crippen LogP contribution in [-0.2, 0) is 6.42 Å². The van der Waals surface area contributed by atoms with Crippen LogP contribution < -0.4 is 16.4 Å². The van der Waals surface area contributed by atoms with Gasteiger partial charge in [-0.15, -0.1) is 0 Å². The highest BCUT2D eigenvalue weighted by atomic mass is 16.3. The Morgan fingerprint density at radius 3 is 2.67 bits per heavy atom. The molecule has 2 heterocycles. The summed E-state index contributed by atoms with van der Waals surface area (Å²) in [5.74, 6) is 0.136. The number of hydrogen-bond acceptors (Lipinski definition) is 8. The lowest BCUT2D eigenvalue weighted by Gasteiger charge is -2.19. The van der Waals surface area contributed by atoms with Gasteiger partial charge in [-0.25, -0.2) is 9.97 Å². The summed E-state index contributed by atoms with van der Waals surface area (Å²) in [6.07, 6.45) is 3.76. The van der Waals surface area contributed by atoms with Crippen molar-refractivity contribution in [3.05, 3.63) is 54.0 Å². The molecule has 0 aliphatic heterocycles. The van der Waals surface area contributed by atoms with Crippen LogP contribution in [0.5, 0.6) is 0 Å². The van der Waals surface area contributed by atoms with Crippen LogP contribution in [0.2, 0.25) is 0 Å². The number of hydrogen-bond donors (Lipinski definition) is 5. The van der Waals surface area contributed by atoms with Crippen LogP contribution in [0.25, 0.3) is 11.0 Å². The smallest absolute Gasteiger partial charge is 0.147 e. The molecule has 2 aromatic heterocycles. The number of rotatable bonds is 10. The van der Waals surface area contributed by atoms with Crippen LogP contribution in [0.15, 0.2) is 42.9 Å². The maximum atomic E-state index is 10.7. The molecule has 9 heteroatoms. The number of benzene rings is 1. The quantitative estimate of drug-likeness (QED) is 0.288. The normalized spacial score (nSPS) is 22.6. The minimum absolute atomic E-state index is 0.0989. The van der Waals surface area contributed by atoms with Crippen molar-refractivity contribution < 1.29 is 10.2 Å². The second-order valence-corrected chi connectivity index (χ2v) is 8.61. The summed E-state index contributed by atoms with van der Waals surface area (Å²) < 4.78 is 1.76. The second kappa shape index (κ2) is 10.7. The van der Waals surface area contributed by atoms with E-state index in [9.17, 15) is 15.5 Å². The third-order valence-electron chi connectivity index (χ3n) is 6.43. The number of aliphatic hydroxyl groups is 2. The van der Waals surface area contributed by atoms with Gasteiger partial charge in [0.1, 0.15) is 30.0 Å². The lowest BCUT2D eigenvalue weighted by atomic mass is 10.1. The summed E-state index contributed by atoms with van der Waals surface area (Å²) >= 11 is 0. The fourth-order valence-electron chi connectivity index (χ4n) is 4.65. The van der Waals surface area contributed by atoms with Gasteiger partial charge in [0, 0.05) is 18.7 Å². The summed E-state index contributed by atoms with van der Waals surface area (Å²) in [6, 6.07) is 12.2. The van der Waals surface area contributed by atoms with Crippen LogP contribution in [-0.4, -0.2) is 63.1 Å². The van der Waals surface area contributed by atoms with E-state index >= 15 is 0 Å². The van der Waals surface area contributed by atoms with Gasteiger partial charge in [-0.1, -0.05) is 30.3 Å². The predicted molar refractivity (Wildman–Crippen MR) is 126 cm³/mol. The van der Waals surface area contributed by atoms with E-state index in [0.717, 1.165) is 32.5 Å². The lowest BCUT2D eigenvalue weighted by molar-refractivity contribution is 0.00693. The average Bonchev–Trinajstić information content (AvgIpc) is 3.34.